The van der Waals surface area contributed by atoms with Crippen molar-refractivity contribution in [1.29, 1.82) is 0 Å². The fraction of sp³-hybridized carbons (Fsp3) is 0.875. The highest BCUT2D eigenvalue weighted by Gasteiger charge is 2.10. The van der Waals surface area contributed by atoms with Gasteiger partial charge < -0.3 is 15.8 Å². The van der Waals surface area contributed by atoms with Crippen LogP contribution >= 0.6 is 0 Å². The minimum Gasteiger partial charge on any atom is -0.380 e. The zero-order chi connectivity index (χ0) is 9.56. The fourth-order valence-corrected chi connectivity index (χ4v) is 0.609. The SMILES string of the molecule is COC(C)CNC(=O)C(C)CN. The Morgan fingerprint density at radius 1 is 1.58 bits per heavy atom. The molecule has 0 fully saturated rings. The molecule has 3 N–H and O–H groups in total. The van der Waals surface area contributed by atoms with Crippen LogP contribution in [0.2, 0.25) is 0 Å². The Morgan fingerprint density at radius 2 is 2.17 bits per heavy atom. The first-order valence-electron chi connectivity index (χ1n) is 4.12. The lowest BCUT2D eigenvalue weighted by atomic mass is 10.1. The van der Waals surface area contributed by atoms with Gasteiger partial charge in [-0.1, -0.05) is 6.92 Å². The molecule has 0 rings (SSSR count). The number of methoxy groups -OCH3 is 1. The Morgan fingerprint density at radius 3 is 2.58 bits per heavy atom. The van der Waals surface area contributed by atoms with Crippen LogP contribution in [0.3, 0.4) is 0 Å². The van der Waals surface area contributed by atoms with Crippen LogP contribution in [-0.2, 0) is 9.53 Å². The van der Waals surface area contributed by atoms with Crippen molar-refractivity contribution >= 4 is 5.91 Å². The summed E-state index contributed by atoms with van der Waals surface area (Å²) in [5.41, 5.74) is 5.32. The molecule has 2 unspecified atom stereocenters. The Kier molecular flexibility index (Phi) is 5.66. The van der Waals surface area contributed by atoms with E-state index in [-0.39, 0.29) is 17.9 Å². The van der Waals surface area contributed by atoms with Crippen LogP contribution in [0.15, 0.2) is 0 Å². The van der Waals surface area contributed by atoms with Gasteiger partial charge >= 0.3 is 0 Å². The van der Waals surface area contributed by atoms with Crippen LogP contribution in [0, 0.1) is 5.92 Å². The van der Waals surface area contributed by atoms with Crippen LogP contribution in [-0.4, -0.2) is 32.2 Å². The van der Waals surface area contributed by atoms with Crippen LogP contribution in [0.5, 0.6) is 0 Å². The van der Waals surface area contributed by atoms with E-state index in [0.717, 1.165) is 0 Å². The first-order valence-corrected chi connectivity index (χ1v) is 4.12. The summed E-state index contributed by atoms with van der Waals surface area (Å²) in [6.45, 7) is 4.62. The summed E-state index contributed by atoms with van der Waals surface area (Å²) in [4.78, 5) is 11.1. The summed E-state index contributed by atoms with van der Waals surface area (Å²) in [6.07, 6.45) is 0.0546. The zero-order valence-electron chi connectivity index (χ0n) is 7.96. The molecule has 0 bridgehead atoms. The number of carbonyl (C=O) groups excluding carboxylic acids is 1. The average Bonchev–Trinajstić information content (AvgIpc) is 2.11. The third kappa shape index (κ3) is 4.31. The van der Waals surface area contributed by atoms with Crippen LogP contribution in [0.25, 0.3) is 0 Å². The van der Waals surface area contributed by atoms with Crippen molar-refractivity contribution in [3.63, 3.8) is 0 Å². The van der Waals surface area contributed by atoms with Crippen molar-refractivity contribution < 1.29 is 9.53 Å². The van der Waals surface area contributed by atoms with E-state index >= 15 is 0 Å². The third-order valence-corrected chi connectivity index (χ3v) is 1.77. The number of nitrogens with one attached hydrogen (secondary N) is 1. The Bertz CT molecular complexity index is 139. The molecule has 0 aliphatic heterocycles. The van der Waals surface area contributed by atoms with E-state index < -0.39 is 0 Å². The molecule has 0 aliphatic rings. The topological polar surface area (TPSA) is 64.3 Å². The number of hydrogen-bond acceptors (Lipinski definition) is 3. The van der Waals surface area contributed by atoms with E-state index in [1.54, 1.807) is 14.0 Å². The first kappa shape index (κ1) is 11.4. The molecular formula is C8H18N2O2. The molecule has 0 aliphatic carbocycles. The molecule has 72 valence electrons. The largest absolute Gasteiger partial charge is 0.380 e. The van der Waals surface area contributed by atoms with Crippen LogP contribution in [0.4, 0.5) is 0 Å². The zero-order valence-corrected chi connectivity index (χ0v) is 7.96. The van der Waals surface area contributed by atoms with Crippen LogP contribution < -0.4 is 11.1 Å². The smallest absolute Gasteiger partial charge is 0.224 e. The van der Waals surface area contributed by atoms with Gasteiger partial charge in [-0.25, -0.2) is 0 Å². The Labute approximate surface area is 73.5 Å². The molecule has 0 saturated carbocycles. The number of nitrogens with two attached hydrogens (primary N) is 1. The van der Waals surface area contributed by atoms with E-state index in [2.05, 4.69) is 5.32 Å². The second-order valence-electron chi connectivity index (χ2n) is 2.93. The van der Waals surface area contributed by atoms with E-state index in [1.807, 2.05) is 6.92 Å². The minimum atomic E-state index is -0.117. The van der Waals surface area contributed by atoms with Crippen molar-refractivity contribution in [3.05, 3.63) is 0 Å². The summed E-state index contributed by atoms with van der Waals surface area (Å²) in [5, 5.41) is 2.74. The minimum absolute atomic E-state index is 0.0126. The third-order valence-electron chi connectivity index (χ3n) is 1.77. The number of amides is 1. The van der Waals surface area contributed by atoms with Crippen molar-refractivity contribution in [3.8, 4) is 0 Å². The predicted molar refractivity (Wildman–Crippen MR) is 47.7 cm³/mol. The van der Waals surface area contributed by atoms with E-state index in [0.29, 0.717) is 13.1 Å². The van der Waals surface area contributed by atoms with Gasteiger partial charge in [0.1, 0.15) is 0 Å². The molecule has 0 radical (unpaired) electrons. The van der Waals surface area contributed by atoms with Crippen molar-refractivity contribution in [2.24, 2.45) is 11.7 Å². The normalized spacial score (nSPS) is 15.3. The summed E-state index contributed by atoms with van der Waals surface area (Å²) < 4.78 is 4.97. The molecule has 2 atom stereocenters. The lowest BCUT2D eigenvalue weighted by Gasteiger charge is -2.13. The second kappa shape index (κ2) is 5.97. The number of ether oxygens (including phenoxy) is 1. The molecule has 1 amide bonds. The molecule has 0 aromatic carbocycles. The highest BCUT2D eigenvalue weighted by molar-refractivity contribution is 5.78. The van der Waals surface area contributed by atoms with E-state index in [1.165, 1.54) is 0 Å². The number of carbonyl (C=O) groups is 1. The predicted octanol–water partition coefficient (Wildman–Crippen LogP) is -0.268. The maximum atomic E-state index is 11.1. The summed E-state index contributed by atoms with van der Waals surface area (Å²) in [6, 6.07) is 0. The fourth-order valence-electron chi connectivity index (χ4n) is 0.609. The molecule has 0 saturated heterocycles. The molecule has 0 aromatic heterocycles. The molecule has 12 heavy (non-hydrogen) atoms. The van der Waals surface area contributed by atoms with Crippen LogP contribution in [0.1, 0.15) is 13.8 Å². The summed E-state index contributed by atoms with van der Waals surface area (Å²) in [7, 11) is 1.61. The number of hydrogen-bond donors (Lipinski definition) is 2. The maximum Gasteiger partial charge on any atom is 0.224 e. The first-order chi connectivity index (χ1) is 5.61. The Hall–Kier alpha value is -0.610. The van der Waals surface area contributed by atoms with Gasteiger partial charge in [0.05, 0.1) is 6.10 Å². The second-order valence-corrected chi connectivity index (χ2v) is 2.93. The molecule has 4 nitrogen and oxygen atoms in total. The van der Waals surface area contributed by atoms with Crippen molar-refractivity contribution in [2.45, 2.75) is 20.0 Å². The quantitative estimate of drug-likeness (QED) is 0.603. The van der Waals surface area contributed by atoms with Gasteiger partial charge in [-0.3, -0.25) is 4.79 Å². The molecule has 4 heteroatoms. The van der Waals surface area contributed by atoms with Gasteiger partial charge in [-0.2, -0.15) is 0 Å². The molecule has 0 spiro atoms. The summed E-state index contributed by atoms with van der Waals surface area (Å²) >= 11 is 0. The van der Waals surface area contributed by atoms with Crippen molar-refractivity contribution in [1.82, 2.24) is 5.32 Å². The van der Waals surface area contributed by atoms with Gasteiger partial charge in [0.25, 0.3) is 0 Å². The highest BCUT2D eigenvalue weighted by atomic mass is 16.5. The van der Waals surface area contributed by atoms with Gasteiger partial charge in [-0.15, -0.1) is 0 Å². The Balaban J connectivity index is 3.56. The van der Waals surface area contributed by atoms with Crippen molar-refractivity contribution in [2.75, 3.05) is 20.2 Å². The van der Waals surface area contributed by atoms with Gasteiger partial charge in [0.15, 0.2) is 0 Å². The van der Waals surface area contributed by atoms with Gasteiger partial charge in [0, 0.05) is 26.1 Å². The van der Waals surface area contributed by atoms with E-state index in [9.17, 15) is 4.79 Å². The summed E-state index contributed by atoms with van der Waals surface area (Å²) in [5.74, 6) is -0.129. The maximum absolute atomic E-state index is 11.1. The van der Waals surface area contributed by atoms with Gasteiger partial charge in [-0.05, 0) is 6.92 Å². The molecular weight excluding hydrogens is 156 g/mol. The molecule has 0 aromatic rings. The van der Waals surface area contributed by atoms with Gasteiger partial charge in [0.2, 0.25) is 5.91 Å². The number of rotatable bonds is 5. The standard InChI is InChI=1S/C8H18N2O2/c1-6(4-9)8(11)10-5-7(2)12-3/h6-7H,4-5,9H2,1-3H3,(H,10,11). The van der Waals surface area contributed by atoms with E-state index in [4.69, 9.17) is 10.5 Å². The monoisotopic (exact) mass is 174 g/mol. The lowest BCUT2D eigenvalue weighted by molar-refractivity contribution is -0.124. The molecule has 0 heterocycles. The lowest BCUT2D eigenvalue weighted by Crippen LogP contribution is -2.37. The average molecular weight is 174 g/mol. The highest BCUT2D eigenvalue weighted by Crippen LogP contribution is 1.91.